The molecule has 10 nitrogen and oxygen atoms in total. The normalized spacial score (nSPS) is 27.0. The van der Waals surface area contributed by atoms with E-state index in [4.69, 9.17) is 9.47 Å². The van der Waals surface area contributed by atoms with E-state index in [1.165, 1.54) is 19.4 Å². The smallest absolute Gasteiger partial charge is 0.316 e. The van der Waals surface area contributed by atoms with Gasteiger partial charge in [-0.25, -0.2) is 0 Å². The predicted molar refractivity (Wildman–Crippen MR) is 98.1 cm³/mol. The monoisotopic (exact) mass is 399 g/mol. The first-order valence-electron chi connectivity index (χ1n) is 8.96. The van der Waals surface area contributed by atoms with Crippen LogP contribution in [0.5, 0.6) is 11.5 Å². The summed E-state index contributed by atoms with van der Waals surface area (Å²) in [5.74, 6) is -2.47. The molecule has 1 saturated heterocycles. The molecule has 4 atom stereocenters. The van der Waals surface area contributed by atoms with Gasteiger partial charge >= 0.3 is 11.7 Å². The number of esters is 1. The summed E-state index contributed by atoms with van der Waals surface area (Å²) < 4.78 is 9.99. The summed E-state index contributed by atoms with van der Waals surface area (Å²) >= 11 is 0. The van der Waals surface area contributed by atoms with E-state index in [-0.39, 0.29) is 52.5 Å². The molecule has 1 aromatic carbocycles. The van der Waals surface area contributed by atoms with Crippen molar-refractivity contribution in [2.24, 2.45) is 28.8 Å². The summed E-state index contributed by atoms with van der Waals surface area (Å²) in [6.07, 6.45) is 5.95. The number of fused-ring (bicyclic) bond motifs is 5. The van der Waals surface area contributed by atoms with Crippen LogP contribution in [0.15, 0.2) is 29.4 Å². The van der Waals surface area contributed by atoms with Gasteiger partial charge in [-0.2, -0.15) is 10.1 Å². The standard InChI is InChI=1S/C19H17N3O7/c1-9(23)29-17-13(22(26)27)5-10(6-14(17)28-2)8-20-21-18(24)15-11-3-4-12(7-11)16(15)19(21)25/h3-6,8,11-12,15-16H,7H2,1-2H3/t11-,12-,15-,16+/m0/s1. The molecule has 3 aliphatic rings. The minimum atomic E-state index is -0.740. The second-order valence-electron chi connectivity index (χ2n) is 7.15. The first kappa shape index (κ1) is 18.8. The molecule has 0 spiro atoms. The molecule has 29 heavy (non-hydrogen) atoms. The molecule has 0 radical (unpaired) electrons. The van der Waals surface area contributed by atoms with E-state index in [0.717, 1.165) is 24.4 Å². The van der Waals surface area contributed by atoms with Crippen LogP contribution >= 0.6 is 0 Å². The van der Waals surface area contributed by atoms with Gasteiger partial charge in [0.25, 0.3) is 11.8 Å². The van der Waals surface area contributed by atoms with E-state index >= 15 is 0 Å². The zero-order valence-electron chi connectivity index (χ0n) is 15.6. The van der Waals surface area contributed by atoms with Crippen molar-refractivity contribution in [3.63, 3.8) is 0 Å². The SMILES string of the molecule is COc1cc(C=NN2C(=O)[C@@H]3[C@H](C2=O)[C@H]2C=C[C@H]3C2)cc([N+](=O)[O-])c1OC(C)=O. The zero-order chi connectivity index (χ0) is 20.9. The summed E-state index contributed by atoms with van der Waals surface area (Å²) in [5, 5.41) is 16.2. The number of benzene rings is 1. The Bertz CT molecular complexity index is 970. The minimum absolute atomic E-state index is 0.0472. The van der Waals surface area contributed by atoms with E-state index in [2.05, 4.69) is 5.10 Å². The molecule has 1 saturated carbocycles. The summed E-state index contributed by atoms with van der Waals surface area (Å²) in [6.45, 7) is 1.11. The number of hydrogen-bond acceptors (Lipinski definition) is 8. The average molecular weight is 399 g/mol. The number of hydrazone groups is 1. The summed E-state index contributed by atoms with van der Waals surface area (Å²) in [6, 6.07) is 2.49. The van der Waals surface area contributed by atoms with Gasteiger partial charge in [-0.1, -0.05) is 12.2 Å². The number of methoxy groups -OCH3 is 1. The van der Waals surface area contributed by atoms with Gasteiger partial charge in [0.2, 0.25) is 5.75 Å². The van der Waals surface area contributed by atoms with Crippen molar-refractivity contribution in [2.75, 3.05) is 7.11 Å². The highest BCUT2D eigenvalue weighted by Crippen LogP contribution is 2.52. The lowest BCUT2D eigenvalue weighted by molar-refractivity contribution is -0.385. The van der Waals surface area contributed by atoms with Crippen LogP contribution < -0.4 is 9.47 Å². The minimum Gasteiger partial charge on any atom is -0.493 e. The molecule has 2 bridgehead atoms. The fourth-order valence-corrected chi connectivity index (χ4v) is 4.34. The number of imide groups is 1. The van der Waals surface area contributed by atoms with Crippen molar-refractivity contribution < 1.29 is 28.8 Å². The van der Waals surface area contributed by atoms with Gasteiger partial charge in [0.15, 0.2) is 5.75 Å². The van der Waals surface area contributed by atoms with Crippen molar-refractivity contribution in [1.29, 1.82) is 0 Å². The van der Waals surface area contributed by atoms with Crippen LogP contribution in [0.25, 0.3) is 0 Å². The number of nitro benzene ring substituents is 1. The number of amides is 2. The van der Waals surface area contributed by atoms with Crippen LogP contribution in [-0.4, -0.2) is 41.0 Å². The number of carbonyl (C=O) groups excluding carboxylic acids is 3. The molecule has 150 valence electrons. The Morgan fingerprint density at radius 3 is 2.38 bits per heavy atom. The van der Waals surface area contributed by atoms with Crippen molar-refractivity contribution in [1.82, 2.24) is 5.01 Å². The van der Waals surface area contributed by atoms with Crippen molar-refractivity contribution in [3.05, 3.63) is 40.0 Å². The third-order valence-corrected chi connectivity index (χ3v) is 5.49. The van der Waals surface area contributed by atoms with Gasteiger partial charge in [0.05, 0.1) is 30.1 Å². The third-order valence-electron chi connectivity index (χ3n) is 5.49. The lowest BCUT2D eigenvalue weighted by Gasteiger charge is -2.13. The molecule has 1 aliphatic heterocycles. The van der Waals surface area contributed by atoms with Gasteiger partial charge < -0.3 is 9.47 Å². The molecule has 1 heterocycles. The van der Waals surface area contributed by atoms with Crippen molar-refractivity contribution >= 4 is 29.7 Å². The van der Waals surface area contributed by atoms with Gasteiger partial charge in [-0.3, -0.25) is 24.5 Å². The highest BCUT2D eigenvalue weighted by atomic mass is 16.6. The molecule has 0 aromatic heterocycles. The largest absolute Gasteiger partial charge is 0.493 e. The van der Waals surface area contributed by atoms with Crippen LogP contribution in [0.3, 0.4) is 0 Å². The van der Waals surface area contributed by atoms with Gasteiger partial charge in [0.1, 0.15) is 0 Å². The summed E-state index contributed by atoms with van der Waals surface area (Å²) in [4.78, 5) is 47.2. The van der Waals surface area contributed by atoms with E-state index in [9.17, 15) is 24.5 Å². The first-order chi connectivity index (χ1) is 13.8. The second kappa shape index (κ2) is 6.80. The molecule has 2 fully saturated rings. The Hall–Kier alpha value is -3.56. The third kappa shape index (κ3) is 2.96. The highest BCUT2D eigenvalue weighted by molar-refractivity contribution is 6.06. The number of hydrogen-bond donors (Lipinski definition) is 0. The molecule has 4 rings (SSSR count). The van der Waals surface area contributed by atoms with Crippen LogP contribution in [0.2, 0.25) is 0 Å². The molecule has 2 amide bonds. The van der Waals surface area contributed by atoms with E-state index < -0.39 is 16.6 Å². The molecule has 2 aliphatic carbocycles. The highest BCUT2D eigenvalue weighted by Gasteiger charge is 2.59. The number of carbonyl (C=O) groups is 3. The quantitative estimate of drug-likeness (QED) is 0.140. The molecular weight excluding hydrogens is 382 g/mol. The fraction of sp³-hybridized carbons (Fsp3) is 0.368. The second-order valence-corrected chi connectivity index (χ2v) is 7.15. The number of nitro groups is 1. The maximum atomic E-state index is 12.6. The Morgan fingerprint density at radius 1 is 1.24 bits per heavy atom. The number of allylic oxidation sites excluding steroid dienone is 2. The molecule has 0 unspecified atom stereocenters. The first-order valence-corrected chi connectivity index (χ1v) is 8.96. The Balaban J connectivity index is 1.64. The number of rotatable bonds is 5. The fourth-order valence-electron chi connectivity index (χ4n) is 4.34. The maximum absolute atomic E-state index is 12.6. The van der Waals surface area contributed by atoms with Gasteiger partial charge in [-0.05, 0) is 24.3 Å². The van der Waals surface area contributed by atoms with Crippen LogP contribution in [0.4, 0.5) is 5.69 Å². The Kier molecular flexibility index (Phi) is 4.40. The topological polar surface area (TPSA) is 128 Å². The number of nitrogens with zero attached hydrogens (tertiary/aromatic N) is 3. The maximum Gasteiger partial charge on any atom is 0.316 e. The zero-order valence-corrected chi connectivity index (χ0v) is 15.6. The van der Waals surface area contributed by atoms with Crippen LogP contribution in [0.1, 0.15) is 18.9 Å². The Labute approximate surface area is 164 Å². The molecular formula is C19H17N3O7. The number of ether oxygens (including phenoxy) is 2. The predicted octanol–water partition coefficient (Wildman–Crippen LogP) is 1.67. The van der Waals surface area contributed by atoms with E-state index in [0.29, 0.717) is 0 Å². The summed E-state index contributed by atoms with van der Waals surface area (Å²) in [5.41, 5.74) is -0.289. The van der Waals surface area contributed by atoms with E-state index in [1.807, 2.05) is 12.2 Å². The average Bonchev–Trinajstić information content (AvgIpc) is 3.34. The molecule has 0 N–H and O–H groups in total. The van der Waals surface area contributed by atoms with Crippen LogP contribution in [-0.2, 0) is 14.4 Å². The van der Waals surface area contributed by atoms with Gasteiger partial charge in [0, 0.05) is 18.6 Å². The van der Waals surface area contributed by atoms with Crippen LogP contribution in [0, 0.1) is 33.8 Å². The lowest BCUT2D eigenvalue weighted by Crippen LogP contribution is -2.28. The van der Waals surface area contributed by atoms with Gasteiger partial charge in [-0.15, -0.1) is 0 Å². The lowest BCUT2D eigenvalue weighted by atomic mass is 9.85. The molecule has 1 aromatic rings. The van der Waals surface area contributed by atoms with Crippen molar-refractivity contribution in [3.8, 4) is 11.5 Å². The summed E-state index contributed by atoms with van der Waals surface area (Å²) in [7, 11) is 1.27. The molecule has 10 heteroatoms. The Morgan fingerprint density at radius 2 is 1.86 bits per heavy atom. The van der Waals surface area contributed by atoms with Crippen molar-refractivity contribution in [2.45, 2.75) is 13.3 Å². The van der Waals surface area contributed by atoms with E-state index in [1.54, 1.807) is 0 Å².